The van der Waals surface area contributed by atoms with Crippen LogP contribution >= 0.6 is 0 Å². The summed E-state index contributed by atoms with van der Waals surface area (Å²) in [5.74, 6) is 2.86. The molecule has 0 bridgehead atoms. The molecule has 3 nitrogen and oxygen atoms in total. The lowest BCUT2D eigenvalue weighted by molar-refractivity contribution is 0.144. The molecule has 0 radical (unpaired) electrons. The van der Waals surface area contributed by atoms with E-state index in [0.717, 1.165) is 37.2 Å². The van der Waals surface area contributed by atoms with Crippen molar-refractivity contribution in [2.45, 2.75) is 53.1 Å². The minimum absolute atomic E-state index is 0.831. The van der Waals surface area contributed by atoms with Crippen LogP contribution in [0.15, 0.2) is 16.7 Å². The molecule has 1 fully saturated rings. The number of hydrogen-bond donors (Lipinski definition) is 1. The Hall–Kier alpha value is -0.800. The first-order valence-electron chi connectivity index (χ1n) is 8.18. The first-order valence-corrected chi connectivity index (χ1v) is 8.18. The molecule has 2 heterocycles. The number of nitrogens with zero attached hydrogens (tertiary/aromatic N) is 1. The van der Waals surface area contributed by atoms with E-state index in [9.17, 15) is 0 Å². The van der Waals surface area contributed by atoms with Gasteiger partial charge in [0.2, 0.25) is 0 Å². The molecule has 1 aromatic heterocycles. The van der Waals surface area contributed by atoms with E-state index >= 15 is 0 Å². The van der Waals surface area contributed by atoms with Crippen molar-refractivity contribution in [3.8, 4) is 0 Å². The van der Waals surface area contributed by atoms with Gasteiger partial charge >= 0.3 is 0 Å². The number of rotatable bonds is 7. The van der Waals surface area contributed by atoms with Crippen LogP contribution in [0.4, 0.5) is 0 Å². The van der Waals surface area contributed by atoms with Crippen molar-refractivity contribution in [3.63, 3.8) is 0 Å². The highest BCUT2D eigenvalue weighted by Crippen LogP contribution is 2.25. The second-order valence-corrected chi connectivity index (χ2v) is 6.46. The summed E-state index contributed by atoms with van der Waals surface area (Å²) >= 11 is 0. The predicted molar refractivity (Wildman–Crippen MR) is 83.5 cm³/mol. The minimum Gasteiger partial charge on any atom is -0.468 e. The second kappa shape index (κ2) is 7.84. The van der Waals surface area contributed by atoms with Gasteiger partial charge in [0.15, 0.2) is 0 Å². The fourth-order valence-electron chi connectivity index (χ4n) is 3.01. The van der Waals surface area contributed by atoms with Gasteiger partial charge in [0, 0.05) is 12.1 Å². The summed E-state index contributed by atoms with van der Waals surface area (Å²) in [5.41, 5.74) is 1.27. The van der Waals surface area contributed by atoms with E-state index in [1.165, 1.54) is 37.9 Å². The average molecular weight is 278 g/mol. The molecule has 2 rings (SSSR count). The standard InChI is InChI=1S/C17H30N2O/c1-4-7-18-11-15-10-17(20-13-15)12-19-8-5-16(6-9-19)14(2)3/h10,13-14,16,18H,4-9,11-12H2,1-3H3. The van der Waals surface area contributed by atoms with Crippen LogP contribution in [-0.4, -0.2) is 24.5 Å². The van der Waals surface area contributed by atoms with Crippen molar-refractivity contribution < 1.29 is 4.42 Å². The van der Waals surface area contributed by atoms with Crippen molar-refractivity contribution >= 4 is 0 Å². The molecule has 3 heteroatoms. The third-order valence-corrected chi connectivity index (χ3v) is 4.42. The highest BCUT2D eigenvalue weighted by Gasteiger charge is 2.22. The highest BCUT2D eigenvalue weighted by atomic mass is 16.3. The second-order valence-electron chi connectivity index (χ2n) is 6.46. The van der Waals surface area contributed by atoms with Crippen molar-refractivity contribution in [2.24, 2.45) is 11.8 Å². The monoisotopic (exact) mass is 278 g/mol. The van der Waals surface area contributed by atoms with E-state index in [1.54, 1.807) is 0 Å². The van der Waals surface area contributed by atoms with Gasteiger partial charge in [-0.3, -0.25) is 4.90 Å². The summed E-state index contributed by atoms with van der Waals surface area (Å²) in [5, 5.41) is 3.41. The van der Waals surface area contributed by atoms with E-state index in [0.29, 0.717) is 0 Å². The van der Waals surface area contributed by atoms with Gasteiger partial charge in [-0.1, -0.05) is 20.8 Å². The Labute approximate surface area is 123 Å². The predicted octanol–water partition coefficient (Wildman–Crippen LogP) is 3.65. The lowest BCUT2D eigenvalue weighted by Crippen LogP contribution is -2.34. The highest BCUT2D eigenvalue weighted by molar-refractivity contribution is 5.12. The van der Waals surface area contributed by atoms with Gasteiger partial charge in [0.05, 0.1) is 12.8 Å². The fraction of sp³-hybridized carbons (Fsp3) is 0.765. The van der Waals surface area contributed by atoms with Gasteiger partial charge < -0.3 is 9.73 Å². The van der Waals surface area contributed by atoms with Crippen molar-refractivity contribution in [2.75, 3.05) is 19.6 Å². The van der Waals surface area contributed by atoms with Crippen LogP contribution in [0.25, 0.3) is 0 Å². The molecule has 0 atom stereocenters. The summed E-state index contributed by atoms with van der Waals surface area (Å²) in [6.07, 6.45) is 5.75. The molecule has 20 heavy (non-hydrogen) atoms. The van der Waals surface area contributed by atoms with Gasteiger partial charge in [-0.25, -0.2) is 0 Å². The molecule has 0 spiro atoms. The summed E-state index contributed by atoms with van der Waals surface area (Å²) in [7, 11) is 0. The minimum atomic E-state index is 0.831. The Morgan fingerprint density at radius 3 is 2.75 bits per heavy atom. The molecule has 1 aromatic rings. The third kappa shape index (κ3) is 4.64. The maximum atomic E-state index is 5.69. The number of piperidine rings is 1. The van der Waals surface area contributed by atoms with E-state index in [-0.39, 0.29) is 0 Å². The fourth-order valence-corrected chi connectivity index (χ4v) is 3.01. The largest absolute Gasteiger partial charge is 0.468 e. The molecule has 0 aliphatic carbocycles. The Kier molecular flexibility index (Phi) is 6.11. The zero-order chi connectivity index (χ0) is 14.4. The number of likely N-dealkylation sites (tertiary alicyclic amines) is 1. The van der Waals surface area contributed by atoms with Crippen LogP contribution in [0, 0.1) is 11.8 Å². The zero-order valence-electron chi connectivity index (χ0n) is 13.3. The SMILES string of the molecule is CCCNCc1coc(CN2CCC(C(C)C)CC2)c1. The maximum absolute atomic E-state index is 5.69. The van der Waals surface area contributed by atoms with Gasteiger partial charge in [0.25, 0.3) is 0 Å². The normalized spacial score (nSPS) is 18.0. The quantitative estimate of drug-likeness (QED) is 0.772. The average Bonchev–Trinajstić information content (AvgIpc) is 2.87. The van der Waals surface area contributed by atoms with Crippen LogP contribution in [0.5, 0.6) is 0 Å². The molecule has 0 amide bonds. The summed E-state index contributed by atoms with van der Waals surface area (Å²) in [6, 6.07) is 2.21. The van der Waals surface area contributed by atoms with Gasteiger partial charge in [-0.2, -0.15) is 0 Å². The van der Waals surface area contributed by atoms with Crippen LogP contribution < -0.4 is 5.32 Å². The van der Waals surface area contributed by atoms with Crippen molar-refractivity contribution in [1.82, 2.24) is 10.2 Å². The Bertz CT molecular complexity index is 378. The smallest absolute Gasteiger partial charge is 0.118 e. The first-order chi connectivity index (χ1) is 9.69. The summed E-state index contributed by atoms with van der Waals surface area (Å²) in [6.45, 7) is 12.3. The molecule has 0 unspecified atom stereocenters. The van der Waals surface area contributed by atoms with Crippen LogP contribution in [0.1, 0.15) is 51.4 Å². The molecule has 1 saturated heterocycles. The maximum Gasteiger partial charge on any atom is 0.118 e. The van der Waals surface area contributed by atoms with Gasteiger partial charge in [0.1, 0.15) is 5.76 Å². The Balaban J connectivity index is 1.74. The lowest BCUT2D eigenvalue weighted by atomic mass is 9.87. The van der Waals surface area contributed by atoms with E-state index in [2.05, 4.69) is 37.1 Å². The molecule has 0 saturated carbocycles. The van der Waals surface area contributed by atoms with Crippen molar-refractivity contribution in [1.29, 1.82) is 0 Å². The first kappa shape index (κ1) is 15.6. The van der Waals surface area contributed by atoms with E-state index < -0.39 is 0 Å². The van der Waals surface area contributed by atoms with Crippen molar-refractivity contribution in [3.05, 3.63) is 23.7 Å². The molecule has 114 valence electrons. The summed E-state index contributed by atoms with van der Waals surface area (Å²) < 4.78 is 5.69. The van der Waals surface area contributed by atoms with Crippen LogP contribution in [0.3, 0.4) is 0 Å². The van der Waals surface area contributed by atoms with Gasteiger partial charge in [-0.05, 0) is 56.8 Å². The number of furan rings is 1. The number of hydrogen-bond acceptors (Lipinski definition) is 3. The molecule has 1 aliphatic heterocycles. The van der Waals surface area contributed by atoms with Gasteiger partial charge in [-0.15, -0.1) is 0 Å². The van der Waals surface area contributed by atoms with E-state index in [4.69, 9.17) is 4.42 Å². The van der Waals surface area contributed by atoms with E-state index in [1.807, 2.05) is 6.26 Å². The lowest BCUT2D eigenvalue weighted by Gasteiger charge is -2.33. The molecule has 1 N–H and O–H groups in total. The molecule has 0 aromatic carbocycles. The topological polar surface area (TPSA) is 28.4 Å². The van der Waals surface area contributed by atoms with Crippen LogP contribution in [0.2, 0.25) is 0 Å². The Morgan fingerprint density at radius 1 is 1.35 bits per heavy atom. The molecular weight excluding hydrogens is 248 g/mol. The van der Waals surface area contributed by atoms with Crippen LogP contribution in [-0.2, 0) is 13.1 Å². The number of nitrogens with one attached hydrogen (secondary N) is 1. The molecular formula is C17H30N2O. The molecule has 1 aliphatic rings. The Morgan fingerprint density at radius 2 is 2.10 bits per heavy atom. The summed E-state index contributed by atoms with van der Waals surface area (Å²) in [4.78, 5) is 2.53. The zero-order valence-corrected chi connectivity index (χ0v) is 13.3. The third-order valence-electron chi connectivity index (χ3n) is 4.42.